The molecular weight excluding hydrogens is 200 g/mol. The van der Waals surface area contributed by atoms with Gasteiger partial charge in [-0.1, -0.05) is 12.1 Å². The minimum absolute atomic E-state index is 0. The number of hydrogen-bond acceptors (Lipinski definition) is 3. The molecule has 0 spiro atoms. The molecule has 0 saturated carbocycles. The lowest BCUT2D eigenvalue weighted by Gasteiger charge is -2.08. The molecular formula is C13H24N2O. The Hall–Kier alpha value is -1.06. The monoisotopic (exact) mass is 224 g/mol. The summed E-state index contributed by atoms with van der Waals surface area (Å²) in [6.45, 7) is 7.01. The van der Waals surface area contributed by atoms with E-state index >= 15 is 0 Å². The molecule has 3 heteroatoms. The third-order valence-corrected chi connectivity index (χ3v) is 2.40. The zero-order valence-electron chi connectivity index (χ0n) is 10.6. The van der Waals surface area contributed by atoms with Crippen LogP contribution >= 0.6 is 0 Å². The van der Waals surface area contributed by atoms with E-state index in [1.54, 1.807) is 0 Å². The number of benzene rings is 1. The third-order valence-electron chi connectivity index (χ3n) is 2.40. The summed E-state index contributed by atoms with van der Waals surface area (Å²) in [6, 6.07) is 6.23. The molecule has 1 aromatic carbocycles. The average molecular weight is 224 g/mol. The lowest BCUT2D eigenvalue weighted by Crippen LogP contribution is -2.04. The van der Waals surface area contributed by atoms with Crippen molar-refractivity contribution in [2.24, 2.45) is 0 Å². The lowest BCUT2D eigenvalue weighted by molar-refractivity contribution is 0.0772. The highest BCUT2D eigenvalue weighted by Gasteiger charge is 1.98. The van der Waals surface area contributed by atoms with E-state index in [4.69, 9.17) is 10.5 Å². The normalized spacial score (nSPS) is 10.2. The molecule has 1 aromatic rings. The SMILES string of the molecule is Cc1cc(CCCOC(C)C)ccc1N.N. The number of ether oxygens (including phenoxy) is 1. The van der Waals surface area contributed by atoms with Gasteiger partial charge in [-0.15, -0.1) is 0 Å². The molecule has 0 aromatic heterocycles. The molecule has 0 aliphatic rings. The summed E-state index contributed by atoms with van der Waals surface area (Å²) >= 11 is 0. The Morgan fingerprint density at radius 2 is 2.00 bits per heavy atom. The second-order valence-electron chi connectivity index (χ2n) is 4.21. The van der Waals surface area contributed by atoms with Crippen LogP contribution in [0.4, 0.5) is 5.69 Å². The molecule has 3 nitrogen and oxygen atoms in total. The van der Waals surface area contributed by atoms with Gasteiger partial charge in [0.2, 0.25) is 0 Å². The highest BCUT2D eigenvalue weighted by atomic mass is 16.5. The Balaban J connectivity index is 0.00000225. The molecule has 92 valence electrons. The summed E-state index contributed by atoms with van der Waals surface area (Å²) in [6.07, 6.45) is 2.47. The predicted molar refractivity (Wildman–Crippen MR) is 70.0 cm³/mol. The van der Waals surface area contributed by atoms with Gasteiger partial charge in [-0.25, -0.2) is 0 Å². The van der Waals surface area contributed by atoms with Gasteiger partial charge in [0.15, 0.2) is 0 Å². The van der Waals surface area contributed by atoms with Crippen LogP contribution in [0.2, 0.25) is 0 Å². The van der Waals surface area contributed by atoms with Crippen LogP contribution in [-0.4, -0.2) is 12.7 Å². The topological polar surface area (TPSA) is 70.2 Å². The van der Waals surface area contributed by atoms with E-state index in [1.807, 2.05) is 13.0 Å². The van der Waals surface area contributed by atoms with E-state index in [2.05, 4.69) is 26.0 Å². The van der Waals surface area contributed by atoms with Crippen molar-refractivity contribution in [3.63, 3.8) is 0 Å². The highest BCUT2D eigenvalue weighted by molar-refractivity contribution is 5.47. The Labute approximate surface area is 98.6 Å². The summed E-state index contributed by atoms with van der Waals surface area (Å²) < 4.78 is 5.49. The first-order chi connectivity index (χ1) is 7.09. The van der Waals surface area contributed by atoms with Gasteiger partial charge in [-0.2, -0.15) is 0 Å². The molecule has 0 fully saturated rings. The van der Waals surface area contributed by atoms with Crippen molar-refractivity contribution in [2.75, 3.05) is 12.3 Å². The Bertz CT molecular complexity index is 311. The van der Waals surface area contributed by atoms with Crippen molar-refractivity contribution in [1.29, 1.82) is 0 Å². The zero-order chi connectivity index (χ0) is 11.3. The number of hydrogen-bond donors (Lipinski definition) is 2. The van der Waals surface area contributed by atoms with Gasteiger partial charge in [-0.05, 0) is 50.8 Å². The summed E-state index contributed by atoms with van der Waals surface area (Å²) in [5.41, 5.74) is 9.14. The first-order valence-corrected chi connectivity index (χ1v) is 5.56. The van der Waals surface area contributed by atoms with Crippen LogP contribution in [0.1, 0.15) is 31.4 Å². The van der Waals surface area contributed by atoms with E-state index in [-0.39, 0.29) is 6.15 Å². The Kier molecular flexibility index (Phi) is 6.77. The first-order valence-electron chi connectivity index (χ1n) is 5.56. The molecule has 0 aliphatic heterocycles. The van der Waals surface area contributed by atoms with Crippen molar-refractivity contribution >= 4 is 5.69 Å². The van der Waals surface area contributed by atoms with Crippen LogP contribution < -0.4 is 11.9 Å². The standard InChI is InChI=1S/C13H21NO.H3N/c1-10(2)15-8-4-5-12-6-7-13(14)11(3)9-12;/h6-7,9-10H,4-5,8,14H2,1-3H3;1H3. The number of anilines is 1. The quantitative estimate of drug-likeness (QED) is 0.596. The maximum absolute atomic E-state index is 5.76. The fourth-order valence-corrected chi connectivity index (χ4v) is 1.49. The van der Waals surface area contributed by atoms with Crippen LogP contribution in [0.5, 0.6) is 0 Å². The summed E-state index contributed by atoms with van der Waals surface area (Å²) in [7, 11) is 0. The number of nitrogens with two attached hydrogens (primary N) is 1. The van der Waals surface area contributed by atoms with Gasteiger partial charge in [0.1, 0.15) is 0 Å². The first kappa shape index (κ1) is 14.9. The maximum Gasteiger partial charge on any atom is 0.0518 e. The van der Waals surface area contributed by atoms with Crippen molar-refractivity contribution in [1.82, 2.24) is 6.15 Å². The van der Waals surface area contributed by atoms with Crippen molar-refractivity contribution < 1.29 is 4.74 Å². The third kappa shape index (κ3) is 5.14. The van der Waals surface area contributed by atoms with Gasteiger partial charge in [0, 0.05) is 12.3 Å². The molecule has 0 radical (unpaired) electrons. The highest BCUT2D eigenvalue weighted by Crippen LogP contribution is 2.13. The molecule has 0 amide bonds. The molecule has 0 bridgehead atoms. The van der Waals surface area contributed by atoms with Gasteiger partial charge in [0.25, 0.3) is 0 Å². The lowest BCUT2D eigenvalue weighted by atomic mass is 10.1. The Morgan fingerprint density at radius 1 is 1.31 bits per heavy atom. The largest absolute Gasteiger partial charge is 0.399 e. The molecule has 0 aliphatic carbocycles. The number of rotatable bonds is 5. The zero-order valence-corrected chi connectivity index (χ0v) is 10.6. The van der Waals surface area contributed by atoms with Gasteiger partial charge < -0.3 is 16.6 Å². The van der Waals surface area contributed by atoms with Crippen molar-refractivity contribution in [3.05, 3.63) is 29.3 Å². The summed E-state index contributed by atoms with van der Waals surface area (Å²) in [5.74, 6) is 0. The second kappa shape index (κ2) is 7.25. The fraction of sp³-hybridized carbons (Fsp3) is 0.538. The van der Waals surface area contributed by atoms with E-state index in [0.717, 1.165) is 30.7 Å². The minimum atomic E-state index is 0. The van der Waals surface area contributed by atoms with E-state index in [0.29, 0.717) is 6.10 Å². The van der Waals surface area contributed by atoms with Crippen LogP contribution in [-0.2, 0) is 11.2 Å². The smallest absolute Gasteiger partial charge is 0.0518 e. The van der Waals surface area contributed by atoms with Gasteiger partial charge >= 0.3 is 0 Å². The van der Waals surface area contributed by atoms with Crippen LogP contribution in [0.25, 0.3) is 0 Å². The average Bonchev–Trinajstić information content (AvgIpc) is 2.18. The van der Waals surface area contributed by atoms with Crippen molar-refractivity contribution in [2.45, 2.75) is 39.7 Å². The number of aryl methyl sites for hydroxylation is 2. The predicted octanol–water partition coefficient (Wildman–Crippen LogP) is 3.10. The Morgan fingerprint density at radius 3 is 2.56 bits per heavy atom. The van der Waals surface area contributed by atoms with Crippen LogP contribution in [0.15, 0.2) is 18.2 Å². The number of nitrogen functional groups attached to an aromatic ring is 1. The maximum atomic E-state index is 5.76. The van der Waals surface area contributed by atoms with Crippen molar-refractivity contribution in [3.8, 4) is 0 Å². The van der Waals surface area contributed by atoms with Crippen LogP contribution in [0, 0.1) is 6.92 Å². The minimum Gasteiger partial charge on any atom is -0.399 e. The molecule has 5 N–H and O–H groups in total. The summed E-state index contributed by atoms with van der Waals surface area (Å²) in [5, 5.41) is 0. The second-order valence-corrected chi connectivity index (χ2v) is 4.21. The molecule has 16 heavy (non-hydrogen) atoms. The van der Waals surface area contributed by atoms with E-state index < -0.39 is 0 Å². The van der Waals surface area contributed by atoms with Crippen LogP contribution in [0.3, 0.4) is 0 Å². The molecule has 0 heterocycles. The van der Waals surface area contributed by atoms with E-state index in [1.165, 1.54) is 5.56 Å². The molecule has 0 atom stereocenters. The summed E-state index contributed by atoms with van der Waals surface area (Å²) in [4.78, 5) is 0. The van der Waals surface area contributed by atoms with E-state index in [9.17, 15) is 0 Å². The van der Waals surface area contributed by atoms with Gasteiger partial charge in [0.05, 0.1) is 6.10 Å². The fourth-order valence-electron chi connectivity index (χ4n) is 1.49. The molecule has 1 rings (SSSR count). The molecule has 0 saturated heterocycles. The van der Waals surface area contributed by atoms with Gasteiger partial charge in [-0.3, -0.25) is 0 Å². The molecule has 0 unspecified atom stereocenters.